The number of likely N-dealkylation sites (N-methyl/N-ethyl adjacent to an activating group) is 1. The number of nitrogens with zero attached hydrogens (tertiary/aromatic N) is 3. The Balaban J connectivity index is 1.73. The molecule has 7 heteroatoms. The average molecular weight is 361 g/mol. The third kappa shape index (κ3) is 3.19. The molecule has 7 nitrogen and oxygen atoms in total. The van der Waals surface area contributed by atoms with Gasteiger partial charge in [-0.25, -0.2) is 9.97 Å². The minimum atomic E-state index is -0.192. The van der Waals surface area contributed by atoms with E-state index in [1.165, 1.54) is 0 Å². The summed E-state index contributed by atoms with van der Waals surface area (Å²) in [7, 11) is 1.59. The summed E-state index contributed by atoms with van der Waals surface area (Å²) in [5.41, 5.74) is 9.74. The van der Waals surface area contributed by atoms with Gasteiger partial charge in [0.05, 0.1) is 11.9 Å². The minimum absolute atomic E-state index is 0.0570. The van der Waals surface area contributed by atoms with Crippen LogP contribution in [0.1, 0.15) is 27.2 Å². The van der Waals surface area contributed by atoms with Gasteiger partial charge in [0.1, 0.15) is 5.69 Å². The molecule has 0 bridgehead atoms. The summed E-state index contributed by atoms with van der Waals surface area (Å²) < 4.78 is 0. The van der Waals surface area contributed by atoms with Crippen molar-refractivity contribution in [3.63, 3.8) is 0 Å². The Labute approximate surface area is 156 Å². The maximum atomic E-state index is 13.2. The lowest BCUT2D eigenvalue weighted by atomic mass is 10.1. The second kappa shape index (κ2) is 6.68. The van der Waals surface area contributed by atoms with Gasteiger partial charge in [0, 0.05) is 25.5 Å². The van der Waals surface area contributed by atoms with Gasteiger partial charge >= 0.3 is 0 Å². The number of anilines is 1. The fourth-order valence-corrected chi connectivity index (χ4v) is 3.37. The molecule has 136 valence electrons. The average Bonchev–Trinajstić information content (AvgIpc) is 3.11. The van der Waals surface area contributed by atoms with E-state index in [4.69, 9.17) is 5.73 Å². The van der Waals surface area contributed by atoms with Gasteiger partial charge < -0.3 is 16.0 Å². The van der Waals surface area contributed by atoms with E-state index >= 15 is 0 Å². The Morgan fingerprint density at radius 1 is 1.11 bits per heavy atom. The van der Waals surface area contributed by atoms with E-state index < -0.39 is 0 Å². The number of carbonyl (C=O) groups excluding carboxylic acids is 2. The molecule has 0 saturated carbocycles. The smallest absolute Gasteiger partial charge is 0.273 e. The van der Waals surface area contributed by atoms with Crippen LogP contribution in [0.5, 0.6) is 0 Å². The van der Waals surface area contributed by atoms with Gasteiger partial charge in [0.15, 0.2) is 0 Å². The summed E-state index contributed by atoms with van der Waals surface area (Å²) in [6.07, 6.45) is 0.222. The van der Waals surface area contributed by atoms with Gasteiger partial charge in [-0.1, -0.05) is 30.3 Å². The molecule has 27 heavy (non-hydrogen) atoms. The molecule has 1 aliphatic rings. The van der Waals surface area contributed by atoms with Crippen molar-refractivity contribution in [1.29, 1.82) is 0 Å². The first-order valence-corrected chi connectivity index (χ1v) is 8.68. The minimum Gasteiger partial charge on any atom is -0.368 e. The van der Waals surface area contributed by atoms with Crippen LogP contribution in [0.25, 0.3) is 10.9 Å². The van der Waals surface area contributed by atoms with Crippen molar-refractivity contribution < 1.29 is 9.59 Å². The van der Waals surface area contributed by atoms with Crippen molar-refractivity contribution in [3.05, 3.63) is 64.8 Å². The molecule has 3 aromatic rings. The van der Waals surface area contributed by atoms with Crippen LogP contribution in [0.4, 0.5) is 5.95 Å². The van der Waals surface area contributed by atoms with E-state index in [2.05, 4.69) is 15.3 Å². The molecule has 1 aliphatic heterocycles. The zero-order valence-electron chi connectivity index (χ0n) is 14.9. The van der Waals surface area contributed by atoms with Gasteiger partial charge in [-0.15, -0.1) is 0 Å². The highest BCUT2D eigenvalue weighted by Gasteiger charge is 2.26. The van der Waals surface area contributed by atoms with E-state index in [9.17, 15) is 9.59 Å². The summed E-state index contributed by atoms with van der Waals surface area (Å²) >= 11 is 0. The molecule has 0 fully saturated rings. The van der Waals surface area contributed by atoms with E-state index in [-0.39, 0.29) is 29.9 Å². The summed E-state index contributed by atoms with van der Waals surface area (Å²) in [6.45, 7) is 1.08. The maximum Gasteiger partial charge on any atom is 0.273 e. The second-order valence-corrected chi connectivity index (χ2v) is 6.56. The van der Waals surface area contributed by atoms with Gasteiger partial charge in [0.2, 0.25) is 11.9 Å². The number of nitrogen functional groups attached to an aromatic ring is 1. The van der Waals surface area contributed by atoms with Crippen LogP contribution in [0.2, 0.25) is 0 Å². The lowest BCUT2D eigenvalue weighted by Gasteiger charge is -2.16. The molecule has 3 N–H and O–H groups in total. The molecule has 0 radical (unpaired) electrons. The number of carbonyl (C=O) groups is 2. The van der Waals surface area contributed by atoms with Crippen LogP contribution in [0, 0.1) is 0 Å². The Morgan fingerprint density at radius 2 is 1.81 bits per heavy atom. The lowest BCUT2D eigenvalue weighted by molar-refractivity contribution is -0.119. The molecule has 0 aliphatic carbocycles. The van der Waals surface area contributed by atoms with Crippen molar-refractivity contribution in [2.75, 3.05) is 12.8 Å². The molecule has 0 saturated heterocycles. The highest BCUT2D eigenvalue weighted by molar-refractivity contribution is 6.05. The van der Waals surface area contributed by atoms with Crippen LogP contribution in [-0.2, 0) is 24.3 Å². The highest BCUT2D eigenvalue weighted by Crippen LogP contribution is 2.26. The fourth-order valence-electron chi connectivity index (χ4n) is 3.37. The largest absolute Gasteiger partial charge is 0.368 e. The van der Waals surface area contributed by atoms with Gasteiger partial charge in [-0.3, -0.25) is 9.59 Å². The molecule has 4 rings (SSSR count). The lowest BCUT2D eigenvalue weighted by Crippen LogP contribution is -2.27. The normalized spacial score (nSPS) is 12.9. The van der Waals surface area contributed by atoms with Crippen LogP contribution in [-0.4, -0.2) is 33.7 Å². The van der Waals surface area contributed by atoms with Crippen molar-refractivity contribution in [2.24, 2.45) is 0 Å². The van der Waals surface area contributed by atoms with Gasteiger partial charge in [-0.05, 0) is 28.8 Å². The summed E-state index contributed by atoms with van der Waals surface area (Å²) in [5, 5.41) is 3.20. The number of rotatable bonds is 3. The molecule has 0 unspecified atom stereocenters. The molecular formula is C20H19N5O2. The highest BCUT2D eigenvalue weighted by atomic mass is 16.2. The number of fused-ring (bicyclic) bond motifs is 2. The monoisotopic (exact) mass is 361 g/mol. The number of nitrogens with two attached hydrogens (primary N) is 1. The Bertz CT molecular complexity index is 1040. The number of aromatic nitrogens is 2. The van der Waals surface area contributed by atoms with Crippen molar-refractivity contribution in [1.82, 2.24) is 20.2 Å². The molecule has 0 atom stereocenters. The number of hydrogen-bond acceptors (Lipinski definition) is 5. The molecule has 2 amide bonds. The third-order valence-corrected chi connectivity index (χ3v) is 4.75. The van der Waals surface area contributed by atoms with Crippen molar-refractivity contribution >= 4 is 28.7 Å². The molecular weight excluding hydrogens is 342 g/mol. The summed E-state index contributed by atoms with van der Waals surface area (Å²) in [6, 6.07) is 13.4. The zero-order valence-corrected chi connectivity index (χ0v) is 14.9. The van der Waals surface area contributed by atoms with Crippen molar-refractivity contribution in [2.45, 2.75) is 19.5 Å². The molecule has 2 heterocycles. The SMILES string of the molecule is CNC(=O)Cc1ccc2nc(N)nc(C(=O)N3Cc4ccccc4C3)c2c1. The van der Waals surface area contributed by atoms with E-state index in [1.807, 2.05) is 30.3 Å². The van der Waals surface area contributed by atoms with Crippen molar-refractivity contribution in [3.8, 4) is 0 Å². The third-order valence-electron chi connectivity index (χ3n) is 4.75. The van der Waals surface area contributed by atoms with E-state index in [0.717, 1.165) is 16.7 Å². The first-order valence-electron chi connectivity index (χ1n) is 8.68. The summed E-state index contributed by atoms with van der Waals surface area (Å²) in [5.74, 6) is -0.238. The topological polar surface area (TPSA) is 101 Å². The van der Waals surface area contributed by atoms with E-state index in [0.29, 0.717) is 24.0 Å². The second-order valence-electron chi connectivity index (χ2n) is 6.56. The van der Waals surface area contributed by atoms with Gasteiger partial charge in [0.25, 0.3) is 5.91 Å². The van der Waals surface area contributed by atoms with Crippen LogP contribution in [0.15, 0.2) is 42.5 Å². The Hall–Kier alpha value is -3.48. The molecule has 1 aromatic heterocycles. The fraction of sp³-hybridized carbons (Fsp3) is 0.200. The number of hydrogen-bond donors (Lipinski definition) is 2. The standard InChI is InChI=1S/C20H19N5O2/c1-22-17(26)9-12-6-7-16-15(8-12)18(24-20(21)23-16)19(27)25-10-13-4-2-3-5-14(13)11-25/h2-8H,9-11H2,1H3,(H,22,26)(H2,21,23,24). The maximum absolute atomic E-state index is 13.2. The first kappa shape index (κ1) is 17.0. The van der Waals surface area contributed by atoms with Crippen LogP contribution < -0.4 is 11.1 Å². The Kier molecular flexibility index (Phi) is 4.19. The quantitative estimate of drug-likeness (QED) is 0.739. The van der Waals surface area contributed by atoms with Gasteiger partial charge in [-0.2, -0.15) is 0 Å². The zero-order chi connectivity index (χ0) is 19.0. The predicted molar refractivity (Wildman–Crippen MR) is 102 cm³/mol. The Morgan fingerprint density at radius 3 is 2.48 bits per heavy atom. The molecule has 2 aromatic carbocycles. The predicted octanol–water partition coefficient (Wildman–Crippen LogP) is 1.66. The van der Waals surface area contributed by atoms with Crippen LogP contribution in [0.3, 0.4) is 0 Å². The number of benzene rings is 2. The van der Waals surface area contributed by atoms with Crippen LogP contribution >= 0.6 is 0 Å². The number of nitrogens with one attached hydrogen (secondary N) is 1. The summed E-state index contributed by atoms with van der Waals surface area (Å²) in [4.78, 5) is 35.1. The van der Waals surface area contributed by atoms with E-state index in [1.54, 1.807) is 24.1 Å². The molecule has 0 spiro atoms. The first-order chi connectivity index (χ1) is 13.0. The number of amides is 2.